The largest absolute Gasteiger partial charge is 0.103 e. The van der Waals surface area contributed by atoms with Crippen LogP contribution >= 0.6 is 0 Å². The summed E-state index contributed by atoms with van der Waals surface area (Å²) < 4.78 is 0. The van der Waals surface area contributed by atoms with Gasteiger partial charge in [-0.15, -0.1) is 18.9 Å². The van der Waals surface area contributed by atoms with Crippen molar-refractivity contribution in [3.63, 3.8) is 0 Å². The van der Waals surface area contributed by atoms with E-state index in [2.05, 4.69) is 97.1 Å². The number of benzene rings is 4. The molecule has 180 valence electrons. The maximum atomic E-state index is 6.03. The first kappa shape index (κ1) is 23.6. The van der Waals surface area contributed by atoms with E-state index in [0.717, 1.165) is 12.8 Å². The highest BCUT2D eigenvalue weighted by Gasteiger charge is 2.49. The summed E-state index contributed by atoms with van der Waals surface area (Å²) in [5.74, 6) is 0. The molecule has 6 heteroatoms. The Morgan fingerprint density at radius 2 is 0.694 bits per heavy atom. The summed E-state index contributed by atoms with van der Waals surface area (Å²) in [5.41, 5.74) is 11.8. The average molecular weight is 577 g/mol. The highest BCUT2D eigenvalue weighted by atomic mass is 33.1. The number of hydrogen-bond donors (Lipinski definition) is 0. The lowest BCUT2D eigenvalue weighted by Crippen LogP contribution is -2.35. The Hall–Kier alpha value is -1.54. The van der Waals surface area contributed by atoms with Gasteiger partial charge in [-0.2, -0.15) is 0 Å². The van der Waals surface area contributed by atoms with Gasteiger partial charge in [-0.1, -0.05) is 97.1 Å². The molecule has 7 rings (SSSR count). The van der Waals surface area contributed by atoms with Crippen molar-refractivity contribution in [2.24, 2.45) is 0 Å². The van der Waals surface area contributed by atoms with Crippen molar-refractivity contribution in [1.82, 2.24) is 0 Å². The van der Waals surface area contributed by atoms with E-state index in [-0.39, 0.29) is 18.9 Å². The molecule has 0 aromatic heterocycles. The number of hydrogen-bond acceptors (Lipinski definition) is 2. The van der Waals surface area contributed by atoms with Crippen molar-refractivity contribution in [2.45, 2.75) is 33.8 Å². The van der Waals surface area contributed by atoms with Gasteiger partial charge in [0.15, 0.2) is 0 Å². The van der Waals surface area contributed by atoms with E-state index >= 15 is 0 Å². The molecule has 4 atom stereocenters. The van der Waals surface area contributed by atoms with Crippen LogP contribution in [0.4, 0.5) is 0 Å². The predicted molar refractivity (Wildman–Crippen MR) is 167 cm³/mol. The summed E-state index contributed by atoms with van der Waals surface area (Å²) in [6, 6.07) is 36.6. The van der Waals surface area contributed by atoms with Gasteiger partial charge in [-0.3, -0.25) is 0 Å². The van der Waals surface area contributed by atoms with Crippen LogP contribution in [0.1, 0.15) is 65.5 Å². The van der Waals surface area contributed by atoms with E-state index in [0.29, 0.717) is 21.0 Å². The average Bonchev–Trinajstić information content (AvgIpc) is 3.17. The standard InChI is InChI=1S/C30H24S6/c31-33-35-27-23-13-5-1-9-19(23)17-20-10-2-6-14-24(20)28(27)36(34-32)30-26-16-8-4-12-22(26)18-21-11-3-7-15-25(21)29(30)35/h1-16,27-30H,17-18H2. The second-order valence-corrected chi connectivity index (χ2v) is 18.8. The van der Waals surface area contributed by atoms with Crippen molar-refractivity contribution in [2.75, 3.05) is 0 Å². The fourth-order valence-corrected chi connectivity index (χ4v) is 19.8. The molecule has 36 heavy (non-hydrogen) atoms. The molecule has 4 aromatic carbocycles. The highest BCUT2D eigenvalue weighted by molar-refractivity contribution is 8.51. The van der Waals surface area contributed by atoms with Crippen LogP contribution in [0.5, 0.6) is 0 Å². The summed E-state index contributed by atoms with van der Waals surface area (Å²) in [4.78, 5) is 0. The summed E-state index contributed by atoms with van der Waals surface area (Å²) in [5, 5.41) is 1.47. The molecule has 0 saturated carbocycles. The first-order valence-corrected chi connectivity index (χ1v) is 19.4. The Morgan fingerprint density at radius 1 is 0.444 bits per heavy atom. The van der Waals surface area contributed by atoms with E-state index in [1.54, 1.807) is 17.8 Å². The lowest BCUT2D eigenvalue weighted by molar-refractivity contribution is 0.804. The van der Waals surface area contributed by atoms with Crippen LogP contribution in [0.25, 0.3) is 0 Å². The summed E-state index contributed by atoms with van der Waals surface area (Å²) in [6.45, 7) is 0. The zero-order valence-electron chi connectivity index (χ0n) is 19.4. The van der Waals surface area contributed by atoms with Gasteiger partial charge in [0.05, 0.1) is 21.0 Å². The molecule has 2 aliphatic carbocycles. The molecule has 1 heterocycles. The molecular weight excluding hydrogens is 553 g/mol. The quantitative estimate of drug-likeness (QED) is 0.223. The summed E-state index contributed by atoms with van der Waals surface area (Å²) in [7, 11) is 3.22. The molecule has 1 aliphatic heterocycles. The van der Waals surface area contributed by atoms with Crippen molar-refractivity contribution in [3.8, 4) is 0 Å². The molecule has 0 spiro atoms. The van der Waals surface area contributed by atoms with Crippen molar-refractivity contribution in [1.29, 1.82) is 0 Å². The number of fused-ring (bicyclic) bond motifs is 10. The maximum absolute atomic E-state index is 6.03. The van der Waals surface area contributed by atoms with Crippen LogP contribution in [0.15, 0.2) is 97.1 Å². The van der Waals surface area contributed by atoms with Gasteiger partial charge in [-0.25, -0.2) is 0 Å². The fraction of sp³-hybridized carbons (Fsp3) is 0.200. The van der Waals surface area contributed by atoms with E-state index in [4.69, 9.17) is 22.4 Å². The van der Waals surface area contributed by atoms with E-state index < -0.39 is 0 Å². The van der Waals surface area contributed by atoms with Crippen LogP contribution in [-0.4, -0.2) is 0 Å². The minimum absolute atomic E-state index is 0.0877. The first-order valence-electron chi connectivity index (χ1n) is 12.2. The van der Waals surface area contributed by atoms with E-state index in [9.17, 15) is 0 Å². The molecule has 0 bridgehead atoms. The van der Waals surface area contributed by atoms with Gasteiger partial charge >= 0.3 is 0 Å². The lowest BCUT2D eigenvalue weighted by Gasteiger charge is -2.45. The third-order valence-electron chi connectivity index (χ3n) is 7.92. The second kappa shape index (κ2) is 9.64. The van der Waals surface area contributed by atoms with Crippen molar-refractivity contribution >= 4 is 59.0 Å². The molecule has 4 aromatic rings. The maximum Gasteiger partial charge on any atom is 0.0516 e. The van der Waals surface area contributed by atoms with Crippen LogP contribution in [0.3, 0.4) is 0 Å². The van der Waals surface area contributed by atoms with E-state index in [1.165, 1.54) is 44.5 Å². The van der Waals surface area contributed by atoms with Gasteiger partial charge in [0, 0.05) is 0 Å². The lowest BCUT2D eigenvalue weighted by atomic mass is 10.0. The highest BCUT2D eigenvalue weighted by Crippen LogP contribution is 2.60. The Morgan fingerprint density at radius 3 is 0.944 bits per heavy atom. The van der Waals surface area contributed by atoms with Crippen LogP contribution in [0, 0.1) is 0 Å². The molecule has 0 nitrogen and oxygen atoms in total. The zero-order chi connectivity index (χ0) is 24.2. The smallest absolute Gasteiger partial charge is 0.0516 e. The van der Waals surface area contributed by atoms with Crippen LogP contribution < -0.4 is 0 Å². The van der Waals surface area contributed by atoms with Crippen molar-refractivity contribution < 1.29 is 0 Å². The second-order valence-electron chi connectivity index (χ2n) is 9.62. The van der Waals surface area contributed by atoms with Gasteiger partial charge < -0.3 is 0 Å². The van der Waals surface area contributed by atoms with E-state index in [1.807, 2.05) is 0 Å². The Bertz CT molecular complexity index is 1410. The van der Waals surface area contributed by atoms with Gasteiger partial charge in [-0.05, 0) is 97.5 Å². The van der Waals surface area contributed by atoms with Crippen LogP contribution in [-0.2, 0) is 71.9 Å². The van der Waals surface area contributed by atoms with Gasteiger partial charge in [0.1, 0.15) is 0 Å². The third kappa shape index (κ3) is 3.60. The predicted octanol–water partition coefficient (Wildman–Crippen LogP) is 6.93. The first-order chi connectivity index (χ1) is 17.8. The third-order valence-corrected chi connectivity index (χ3v) is 18.9. The number of rotatable bonds is 0. The monoisotopic (exact) mass is 576 g/mol. The molecule has 0 amide bonds. The van der Waals surface area contributed by atoms with Gasteiger partial charge in [0.2, 0.25) is 0 Å². The Kier molecular flexibility index (Phi) is 6.31. The Labute approximate surface area is 232 Å². The molecule has 4 unspecified atom stereocenters. The normalized spacial score (nSPS) is 27.4. The minimum atomic E-state index is -0.0877. The minimum Gasteiger partial charge on any atom is -0.103 e. The molecule has 3 aliphatic rings. The van der Waals surface area contributed by atoms with Gasteiger partial charge in [0.25, 0.3) is 0 Å². The summed E-state index contributed by atoms with van der Waals surface area (Å²) >= 11 is 12.1. The Balaban J connectivity index is 1.60. The fourth-order valence-electron chi connectivity index (χ4n) is 6.43. The summed E-state index contributed by atoms with van der Waals surface area (Å²) in [6.07, 6.45) is 1.97. The zero-order valence-corrected chi connectivity index (χ0v) is 24.3. The SMILES string of the molecule is S=S=S1C2c3ccccc3Cc3ccccc3C2S(=S=S)C2c3ccccc3Cc3ccccc3C21. The van der Waals surface area contributed by atoms with Crippen molar-refractivity contribution in [3.05, 3.63) is 142 Å². The molecule has 1 fully saturated rings. The van der Waals surface area contributed by atoms with Crippen LogP contribution in [0.2, 0.25) is 0 Å². The topological polar surface area (TPSA) is 0 Å². The molecule has 0 N–H and O–H groups in total. The molecule has 0 radical (unpaired) electrons. The molecular formula is C30H24S6. The molecule has 1 saturated heterocycles.